The predicted molar refractivity (Wildman–Crippen MR) is 57.5 cm³/mol. The van der Waals surface area contributed by atoms with Crippen LogP contribution in [0.4, 0.5) is 0 Å². The average Bonchev–Trinajstić information content (AvgIpc) is 2.77. The van der Waals surface area contributed by atoms with Gasteiger partial charge in [-0.3, -0.25) is 0 Å². The third-order valence-corrected chi connectivity index (χ3v) is 4.67. The van der Waals surface area contributed by atoms with Crippen LogP contribution in [-0.2, 0) is 18.6 Å². The minimum Gasteiger partial charge on any atom is -0.384 e. The molecule has 0 amide bonds. The highest BCUT2D eigenvalue weighted by molar-refractivity contribution is 7.12. The Hall–Kier alpha value is -0.380. The molecule has 0 spiro atoms. The molecule has 0 aromatic carbocycles. The lowest BCUT2D eigenvalue weighted by molar-refractivity contribution is 0.155. The van der Waals surface area contributed by atoms with E-state index in [9.17, 15) is 5.11 Å². The van der Waals surface area contributed by atoms with E-state index in [0.717, 1.165) is 32.4 Å². The number of rotatable bonds is 1. The van der Waals surface area contributed by atoms with Crippen molar-refractivity contribution in [2.75, 3.05) is 13.6 Å². The van der Waals surface area contributed by atoms with Gasteiger partial charge in [-0.15, -0.1) is 11.3 Å². The predicted octanol–water partition coefficient (Wildman–Crippen LogP) is 1.72. The third-order valence-electron chi connectivity index (χ3n) is 3.24. The molecule has 1 aromatic heterocycles. The summed E-state index contributed by atoms with van der Waals surface area (Å²) in [7, 11) is 2.16. The van der Waals surface area contributed by atoms with E-state index in [1.165, 1.54) is 15.3 Å². The maximum atomic E-state index is 10.0. The molecule has 1 aliphatic heterocycles. The summed E-state index contributed by atoms with van der Waals surface area (Å²) < 4.78 is 0. The van der Waals surface area contributed by atoms with Crippen molar-refractivity contribution in [1.82, 2.24) is 4.90 Å². The molecule has 0 unspecified atom stereocenters. The summed E-state index contributed by atoms with van der Waals surface area (Å²) in [5.74, 6) is 0. The minimum absolute atomic E-state index is 0.430. The normalized spacial score (nSPS) is 24.7. The first-order valence-electron chi connectivity index (χ1n) is 5.20. The van der Waals surface area contributed by atoms with E-state index in [2.05, 4.69) is 18.0 Å². The molecule has 3 rings (SSSR count). The lowest BCUT2D eigenvalue weighted by atomic mass is 10.1. The first-order valence-corrected chi connectivity index (χ1v) is 6.02. The molecule has 0 saturated heterocycles. The molecule has 1 N–H and O–H groups in total. The van der Waals surface area contributed by atoms with Gasteiger partial charge < -0.3 is 10.0 Å². The Bertz CT molecular complexity index is 367. The Morgan fingerprint density at radius 1 is 1.50 bits per heavy atom. The molecule has 1 saturated carbocycles. The Balaban J connectivity index is 1.95. The number of hydrogen-bond acceptors (Lipinski definition) is 3. The highest BCUT2D eigenvalue weighted by atomic mass is 32.1. The summed E-state index contributed by atoms with van der Waals surface area (Å²) in [6, 6.07) is 2.22. The topological polar surface area (TPSA) is 23.5 Å². The third kappa shape index (κ3) is 1.31. The first-order chi connectivity index (χ1) is 6.67. The van der Waals surface area contributed by atoms with Crippen molar-refractivity contribution in [2.24, 2.45) is 0 Å². The van der Waals surface area contributed by atoms with Crippen molar-refractivity contribution in [3.8, 4) is 0 Å². The van der Waals surface area contributed by atoms with E-state index in [4.69, 9.17) is 0 Å². The SMILES string of the molecule is CN1CCc2sc(C3(O)CC3)cc2C1. The van der Waals surface area contributed by atoms with Crippen molar-refractivity contribution in [3.63, 3.8) is 0 Å². The molecule has 1 fully saturated rings. The molecule has 0 radical (unpaired) electrons. The monoisotopic (exact) mass is 209 g/mol. The molecule has 2 nitrogen and oxygen atoms in total. The van der Waals surface area contributed by atoms with E-state index in [-0.39, 0.29) is 0 Å². The van der Waals surface area contributed by atoms with Crippen LogP contribution in [0, 0.1) is 0 Å². The van der Waals surface area contributed by atoms with Crippen LogP contribution in [0.25, 0.3) is 0 Å². The van der Waals surface area contributed by atoms with Crippen molar-refractivity contribution >= 4 is 11.3 Å². The lowest BCUT2D eigenvalue weighted by Gasteiger charge is -2.21. The Morgan fingerprint density at radius 2 is 2.29 bits per heavy atom. The summed E-state index contributed by atoms with van der Waals surface area (Å²) in [5, 5.41) is 10.0. The smallest absolute Gasteiger partial charge is 0.0990 e. The van der Waals surface area contributed by atoms with Gasteiger partial charge in [0.15, 0.2) is 0 Å². The number of likely N-dealkylation sites (N-methyl/N-ethyl adjacent to an activating group) is 1. The average molecular weight is 209 g/mol. The molecule has 1 aromatic rings. The van der Waals surface area contributed by atoms with Gasteiger partial charge in [-0.1, -0.05) is 0 Å². The van der Waals surface area contributed by atoms with Crippen LogP contribution in [0.5, 0.6) is 0 Å². The van der Waals surface area contributed by atoms with Crippen LogP contribution in [0.2, 0.25) is 0 Å². The molecule has 3 heteroatoms. The fourth-order valence-electron chi connectivity index (χ4n) is 2.07. The maximum absolute atomic E-state index is 10.0. The summed E-state index contributed by atoms with van der Waals surface area (Å²) in [6.45, 7) is 2.22. The molecule has 14 heavy (non-hydrogen) atoms. The van der Waals surface area contributed by atoms with Gasteiger partial charge in [-0.05, 0) is 37.9 Å². The lowest BCUT2D eigenvalue weighted by Crippen LogP contribution is -2.25. The van der Waals surface area contributed by atoms with E-state index in [1.54, 1.807) is 0 Å². The van der Waals surface area contributed by atoms with Gasteiger partial charge in [-0.2, -0.15) is 0 Å². The Morgan fingerprint density at radius 3 is 3.00 bits per heavy atom. The van der Waals surface area contributed by atoms with E-state index < -0.39 is 5.60 Å². The second kappa shape index (κ2) is 2.81. The fraction of sp³-hybridized carbons (Fsp3) is 0.636. The van der Waals surface area contributed by atoms with Gasteiger partial charge in [0, 0.05) is 22.8 Å². The molecular weight excluding hydrogens is 194 g/mol. The van der Waals surface area contributed by atoms with Crippen LogP contribution >= 0.6 is 11.3 Å². The molecule has 76 valence electrons. The van der Waals surface area contributed by atoms with Gasteiger partial charge in [0.1, 0.15) is 0 Å². The van der Waals surface area contributed by atoms with Crippen molar-refractivity contribution in [2.45, 2.75) is 31.4 Å². The van der Waals surface area contributed by atoms with Crippen LogP contribution in [0.1, 0.15) is 28.2 Å². The second-order valence-corrected chi connectivity index (χ2v) is 5.72. The molecule has 0 atom stereocenters. The van der Waals surface area contributed by atoms with Crippen LogP contribution in [0.3, 0.4) is 0 Å². The zero-order chi connectivity index (χ0) is 9.76. The van der Waals surface area contributed by atoms with E-state index in [1.807, 2.05) is 11.3 Å². The summed E-state index contributed by atoms with van der Waals surface area (Å²) >= 11 is 1.83. The quantitative estimate of drug-likeness (QED) is 0.761. The van der Waals surface area contributed by atoms with Gasteiger partial charge in [0.25, 0.3) is 0 Å². The summed E-state index contributed by atoms with van der Waals surface area (Å²) in [5.41, 5.74) is 1.01. The second-order valence-electron chi connectivity index (χ2n) is 4.58. The van der Waals surface area contributed by atoms with Gasteiger partial charge >= 0.3 is 0 Å². The zero-order valence-corrected chi connectivity index (χ0v) is 9.23. The van der Waals surface area contributed by atoms with Crippen molar-refractivity contribution in [3.05, 3.63) is 21.4 Å². The van der Waals surface area contributed by atoms with Gasteiger partial charge in [-0.25, -0.2) is 0 Å². The van der Waals surface area contributed by atoms with E-state index >= 15 is 0 Å². The van der Waals surface area contributed by atoms with Crippen molar-refractivity contribution in [1.29, 1.82) is 0 Å². The number of hydrogen-bond donors (Lipinski definition) is 1. The van der Waals surface area contributed by atoms with Crippen LogP contribution in [0.15, 0.2) is 6.07 Å². The standard InChI is InChI=1S/C11H15NOS/c1-12-5-2-9-8(7-12)6-10(14-9)11(13)3-4-11/h6,13H,2-5,7H2,1H3. The first kappa shape index (κ1) is 8.89. The van der Waals surface area contributed by atoms with Crippen LogP contribution < -0.4 is 0 Å². The summed E-state index contributed by atoms with van der Waals surface area (Å²) in [6.07, 6.45) is 3.08. The zero-order valence-electron chi connectivity index (χ0n) is 8.42. The Labute approximate surface area is 88.2 Å². The largest absolute Gasteiger partial charge is 0.384 e. The number of nitrogens with zero attached hydrogens (tertiary/aromatic N) is 1. The number of fused-ring (bicyclic) bond motifs is 1. The summed E-state index contributed by atoms with van der Waals surface area (Å²) in [4.78, 5) is 5.05. The Kier molecular flexibility index (Phi) is 1.79. The molecule has 0 bridgehead atoms. The molecule has 1 aliphatic carbocycles. The molecular formula is C11H15NOS. The maximum Gasteiger partial charge on any atom is 0.0990 e. The highest BCUT2D eigenvalue weighted by Gasteiger charge is 2.44. The number of thiophene rings is 1. The van der Waals surface area contributed by atoms with Crippen LogP contribution in [-0.4, -0.2) is 23.6 Å². The highest BCUT2D eigenvalue weighted by Crippen LogP contribution is 2.49. The molecule has 2 aliphatic rings. The number of aliphatic hydroxyl groups is 1. The fourth-order valence-corrected chi connectivity index (χ4v) is 3.38. The van der Waals surface area contributed by atoms with Gasteiger partial charge in [0.05, 0.1) is 5.60 Å². The van der Waals surface area contributed by atoms with Crippen molar-refractivity contribution < 1.29 is 5.11 Å². The minimum atomic E-state index is -0.430. The van der Waals surface area contributed by atoms with Gasteiger partial charge in [0.2, 0.25) is 0 Å². The molecule has 2 heterocycles. The van der Waals surface area contributed by atoms with E-state index in [0.29, 0.717) is 0 Å².